The summed E-state index contributed by atoms with van der Waals surface area (Å²) in [6, 6.07) is 8.13. The van der Waals surface area contributed by atoms with Gasteiger partial charge in [-0.05, 0) is 43.0 Å². The molecule has 0 saturated carbocycles. The van der Waals surface area contributed by atoms with Gasteiger partial charge >= 0.3 is 0 Å². The second-order valence-electron chi connectivity index (χ2n) is 5.95. The number of Topliss-reactive ketones (excluding diaryl/α,β-unsaturated/α-hetero) is 1. The normalized spacial score (nSPS) is 22.9. The standard InChI is InChI=1S/C18H16Cl2FNO2/c19-12-5-3-11(14(20)10-12)4-6-16(24)18(21)8-7-15(23)17-13(18)2-1-9-22-17/h1-3,5,9-10,15,23H,4,6-8H2/t15-,18+/m0/s1. The van der Waals surface area contributed by atoms with E-state index in [1.54, 1.807) is 24.3 Å². The van der Waals surface area contributed by atoms with Gasteiger partial charge in [-0.2, -0.15) is 0 Å². The molecule has 3 nitrogen and oxygen atoms in total. The van der Waals surface area contributed by atoms with Crippen molar-refractivity contribution in [2.75, 3.05) is 0 Å². The number of halogens is 3. The summed E-state index contributed by atoms with van der Waals surface area (Å²) < 4.78 is 15.4. The van der Waals surface area contributed by atoms with Crippen LogP contribution in [-0.2, 0) is 16.9 Å². The lowest BCUT2D eigenvalue weighted by Crippen LogP contribution is -2.36. The van der Waals surface area contributed by atoms with E-state index in [0.29, 0.717) is 16.5 Å². The SMILES string of the molecule is O=C(CCc1ccc(Cl)cc1Cl)[C@@]1(F)CC[C@H](O)c2ncccc21. The molecule has 0 radical (unpaired) electrons. The smallest absolute Gasteiger partial charge is 0.195 e. The maximum Gasteiger partial charge on any atom is 0.195 e. The van der Waals surface area contributed by atoms with Crippen molar-refractivity contribution in [3.8, 4) is 0 Å². The fraction of sp³-hybridized carbons (Fsp3) is 0.333. The van der Waals surface area contributed by atoms with Gasteiger partial charge in [0, 0.05) is 28.2 Å². The first kappa shape index (κ1) is 17.3. The van der Waals surface area contributed by atoms with Crippen LogP contribution < -0.4 is 0 Å². The number of aliphatic hydroxyl groups is 1. The van der Waals surface area contributed by atoms with Gasteiger partial charge in [0.2, 0.25) is 0 Å². The molecule has 1 heterocycles. The number of aromatic nitrogens is 1. The number of fused-ring (bicyclic) bond motifs is 1. The molecule has 0 aliphatic heterocycles. The summed E-state index contributed by atoms with van der Waals surface area (Å²) in [5.41, 5.74) is -0.929. The van der Waals surface area contributed by atoms with Crippen molar-refractivity contribution in [1.29, 1.82) is 0 Å². The predicted molar refractivity (Wildman–Crippen MR) is 91.0 cm³/mol. The Morgan fingerprint density at radius 2 is 2.17 bits per heavy atom. The first-order valence-corrected chi connectivity index (χ1v) is 8.47. The maximum atomic E-state index is 15.4. The number of aryl methyl sites for hydroxylation is 1. The number of rotatable bonds is 4. The van der Waals surface area contributed by atoms with Crippen LogP contribution in [0, 0.1) is 0 Å². The van der Waals surface area contributed by atoms with Crippen molar-refractivity contribution in [1.82, 2.24) is 4.98 Å². The number of nitrogens with zero attached hydrogens (tertiary/aromatic N) is 1. The second kappa shape index (κ2) is 6.79. The summed E-state index contributed by atoms with van der Waals surface area (Å²) in [7, 11) is 0. The molecule has 1 aromatic heterocycles. The molecular formula is C18H16Cl2FNO2. The van der Waals surface area contributed by atoms with Crippen molar-refractivity contribution in [3.05, 3.63) is 63.4 Å². The van der Waals surface area contributed by atoms with Crippen LogP contribution in [-0.4, -0.2) is 15.9 Å². The number of alkyl halides is 1. The van der Waals surface area contributed by atoms with E-state index in [1.807, 2.05) is 0 Å². The molecule has 24 heavy (non-hydrogen) atoms. The van der Waals surface area contributed by atoms with Gasteiger partial charge in [-0.15, -0.1) is 0 Å². The first-order chi connectivity index (χ1) is 11.4. The minimum atomic E-state index is -2.11. The van der Waals surface area contributed by atoms with Crippen molar-refractivity contribution >= 4 is 29.0 Å². The van der Waals surface area contributed by atoms with Gasteiger partial charge in [-0.25, -0.2) is 4.39 Å². The molecule has 1 N–H and O–H groups in total. The third kappa shape index (κ3) is 3.18. The van der Waals surface area contributed by atoms with Crippen molar-refractivity contribution in [3.63, 3.8) is 0 Å². The summed E-state index contributed by atoms with van der Waals surface area (Å²) in [5.74, 6) is -0.519. The van der Waals surface area contributed by atoms with Gasteiger partial charge in [0.25, 0.3) is 0 Å². The average Bonchev–Trinajstić information content (AvgIpc) is 2.57. The molecule has 1 aliphatic carbocycles. The molecule has 0 fully saturated rings. The molecule has 2 atom stereocenters. The fourth-order valence-electron chi connectivity index (χ4n) is 3.09. The maximum absolute atomic E-state index is 15.4. The Balaban J connectivity index is 1.81. The van der Waals surface area contributed by atoms with Gasteiger partial charge in [0.05, 0.1) is 11.8 Å². The minimum Gasteiger partial charge on any atom is -0.387 e. The van der Waals surface area contributed by atoms with E-state index in [-0.39, 0.29) is 30.5 Å². The number of carbonyl (C=O) groups excluding carboxylic acids is 1. The average molecular weight is 368 g/mol. The first-order valence-electron chi connectivity index (χ1n) is 7.71. The molecule has 2 aromatic rings. The van der Waals surface area contributed by atoms with Crippen LogP contribution >= 0.6 is 23.2 Å². The van der Waals surface area contributed by atoms with Gasteiger partial charge < -0.3 is 5.11 Å². The zero-order valence-electron chi connectivity index (χ0n) is 12.8. The Kier molecular flexibility index (Phi) is 4.90. The Morgan fingerprint density at radius 3 is 2.92 bits per heavy atom. The molecule has 0 unspecified atom stereocenters. The van der Waals surface area contributed by atoms with Crippen LogP contribution in [0.1, 0.15) is 42.2 Å². The Bertz CT molecular complexity index is 783. The highest BCUT2D eigenvalue weighted by Gasteiger charge is 2.45. The van der Waals surface area contributed by atoms with Crippen LogP contribution in [0.4, 0.5) is 4.39 Å². The van der Waals surface area contributed by atoms with E-state index in [9.17, 15) is 9.90 Å². The third-order valence-electron chi connectivity index (χ3n) is 4.42. The monoisotopic (exact) mass is 367 g/mol. The Labute approximate surface area is 149 Å². The highest BCUT2D eigenvalue weighted by Crippen LogP contribution is 2.43. The lowest BCUT2D eigenvalue weighted by Gasteiger charge is -2.32. The summed E-state index contributed by atoms with van der Waals surface area (Å²) in [6.45, 7) is 0. The van der Waals surface area contributed by atoms with Crippen LogP contribution in [0.3, 0.4) is 0 Å². The summed E-state index contributed by atoms with van der Waals surface area (Å²) in [6.07, 6.45) is 1.14. The fourth-order valence-corrected chi connectivity index (χ4v) is 3.59. The quantitative estimate of drug-likeness (QED) is 0.859. The lowest BCUT2D eigenvalue weighted by molar-refractivity contribution is -0.133. The molecule has 0 amide bonds. The highest BCUT2D eigenvalue weighted by atomic mass is 35.5. The van der Waals surface area contributed by atoms with Crippen molar-refractivity contribution in [2.24, 2.45) is 0 Å². The number of carbonyl (C=O) groups is 1. The summed E-state index contributed by atoms with van der Waals surface area (Å²) in [5, 5.41) is 10.9. The van der Waals surface area contributed by atoms with Crippen molar-refractivity contribution < 1.29 is 14.3 Å². The molecule has 0 saturated heterocycles. The molecule has 1 aromatic carbocycles. The van der Waals surface area contributed by atoms with Crippen molar-refractivity contribution in [2.45, 2.75) is 37.5 Å². The second-order valence-corrected chi connectivity index (χ2v) is 6.79. The van der Waals surface area contributed by atoms with E-state index in [4.69, 9.17) is 23.2 Å². The van der Waals surface area contributed by atoms with E-state index in [2.05, 4.69) is 4.98 Å². The number of hydrogen-bond donors (Lipinski definition) is 1. The Morgan fingerprint density at radius 1 is 1.38 bits per heavy atom. The van der Waals surface area contributed by atoms with Gasteiger partial charge in [-0.3, -0.25) is 9.78 Å². The zero-order chi connectivity index (χ0) is 17.3. The molecule has 6 heteroatoms. The van der Waals surface area contributed by atoms with E-state index >= 15 is 4.39 Å². The Hall–Kier alpha value is -1.49. The molecule has 0 bridgehead atoms. The number of pyridine rings is 1. The predicted octanol–water partition coefficient (Wildman–Crippen LogP) is 4.58. The summed E-state index contributed by atoms with van der Waals surface area (Å²) in [4.78, 5) is 16.6. The van der Waals surface area contributed by atoms with E-state index < -0.39 is 17.6 Å². The zero-order valence-corrected chi connectivity index (χ0v) is 14.3. The van der Waals surface area contributed by atoms with Crippen LogP contribution in [0.5, 0.6) is 0 Å². The minimum absolute atomic E-state index is 0.0162. The molecule has 1 aliphatic rings. The van der Waals surface area contributed by atoms with Crippen LogP contribution in [0.25, 0.3) is 0 Å². The number of benzene rings is 1. The summed E-state index contributed by atoms with van der Waals surface area (Å²) >= 11 is 12.0. The number of aliphatic hydroxyl groups excluding tert-OH is 1. The highest BCUT2D eigenvalue weighted by molar-refractivity contribution is 6.35. The van der Waals surface area contributed by atoms with E-state index in [1.165, 1.54) is 12.3 Å². The third-order valence-corrected chi connectivity index (χ3v) is 5.01. The number of hydrogen-bond acceptors (Lipinski definition) is 3. The topological polar surface area (TPSA) is 50.2 Å². The molecule has 3 rings (SSSR count). The van der Waals surface area contributed by atoms with Gasteiger partial charge in [0.15, 0.2) is 11.5 Å². The van der Waals surface area contributed by atoms with Crippen LogP contribution in [0.2, 0.25) is 10.0 Å². The number of ketones is 1. The van der Waals surface area contributed by atoms with Gasteiger partial charge in [-0.1, -0.05) is 35.3 Å². The molecular weight excluding hydrogens is 352 g/mol. The lowest BCUT2D eigenvalue weighted by atomic mass is 9.77. The van der Waals surface area contributed by atoms with E-state index in [0.717, 1.165) is 5.56 Å². The molecule has 126 valence electrons. The van der Waals surface area contributed by atoms with Gasteiger partial charge in [0.1, 0.15) is 0 Å². The molecule has 0 spiro atoms. The largest absolute Gasteiger partial charge is 0.387 e. The van der Waals surface area contributed by atoms with Crippen LogP contribution in [0.15, 0.2) is 36.5 Å².